The molecule has 0 bridgehead atoms. The quantitative estimate of drug-likeness (QED) is 0.160. The molecule has 4 aromatic heterocycles. The van der Waals surface area contributed by atoms with Crippen LogP contribution in [0.25, 0.3) is 55.4 Å². The molecule has 0 saturated carbocycles. The number of ether oxygens (including phenoxy) is 2. The fourth-order valence-electron chi connectivity index (χ4n) is 6.30. The van der Waals surface area contributed by atoms with Crippen molar-refractivity contribution in [2.24, 2.45) is 0 Å². The van der Waals surface area contributed by atoms with E-state index in [0.717, 1.165) is 75.1 Å². The smallest absolute Gasteiger partial charge is 0.138 e. The summed E-state index contributed by atoms with van der Waals surface area (Å²) in [5.41, 5.74) is 7.90. The van der Waals surface area contributed by atoms with E-state index in [1.807, 2.05) is 66.9 Å². The van der Waals surface area contributed by atoms with Crippen molar-refractivity contribution in [2.75, 3.05) is 26.2 Å². The molecule has 0 unspecified atom stereocenters. The predicted octanol–water partition coefficient (Wildman–Crippen LogP) is 8.03. The number of H-pyrrole nitrogens is 2. The van der Waals surface area contributed by atoms with Crippen LogP contribution in [-0.2, 0) is 6.61 Å². The highest BCUT2D eigenvalue weighted by molar-refractivity contribution is 6.01. The molecular formula is C38H33FN6O2. The Hall–Kier alpha value is -5.54. The molecule has 0 spiro atoms. The molecule has 0 aliphatic carbocycles. The van der Waals surface area contributed by atoms with Crippen LogP contribution in [0, 0.1) is 5.82 Å². The number of aromatic nitrogens is 5. The number of likely N-dealkylation sites (tertiary alicyclic amines) is 1. The summed E-state index contributed by atoms with van der Waals surface area (Å²) in [5.74, 6) is 0.870. The SMILES string of the molecule is Fc1cc(OCCN2CCCC2)cc(-c2cncc3[nH]c(-c4n[nH]c5ccc(-c6cncc(OCc7ccccc7)c6)cc45)cc23)c1. The first-order chi connectivity index (χ1) is 23.2. The third-order valence-electron chi connectivity index (χ3n) is 8.72. The zero-order valence-corrected chi connectivity index (χ0v) is 25.7. The minimum absolute atomic E-state index is 0.346. The van der Waals surface area contributed by atoms with Crippen molar-refractivity contribution in [1.82, 2.24) is 30.0 Å². The molecule has 0 radical (unpaired) electrons. The van der Waals surface area contributed by atoms with Crippen LogP contribution in [0.4, 0.5) is 4.39 Å². The van der Waals surface area contributed by atoms with E-state index in [0.29, 0.717) is 30.3 Å². The van der Waals surface area contributed by atoms with E-state index < -0.39 is 0 Å². The first-order valence-corrected chi connectivity index (χ1v) is 15.9. The molecule has 3 aromatic carbocycles. The Labute approximate surface area is 271 Å². The molecule has 234 valence electrons. The van der Waals surface area contributed by atoms with Crippen LogP contribution in [0.15, 0.2) is 104 Å². The summed E-state index contributed by atoms with van der Waals surface area (Å²) in [6.07, 6.45) is 9.56. The van der Waals surface area contributed by atoms with Gasteiger partial charge in [-0.25, -0.2) is 4.39 Å². The Bertz CT molecular complexity index is 2170. The van der Waals surface area contributed by atoms with Gasteiger partial charge in [0.1, 0.15) is 36.2 Å². The second-order valence-electron chi connectivity index (χ2n) is 11.9. The third kappa shape index (κ3) is 6.17. The van der Waals surface area contributed by atoms with Crippen LogP contribution in [0.1, 0.15) is 18.4 Å². The van der Waals surface area contributed by atoms with Gasteiger partial charge in [0.05, 0.1) is 29.1 Å². The van der Waals surface area contributed by atoms with E-state index in [1.54, 1.807) is 18.6 Å². The number of benzene rings is 3. The van der Waals surface area contributed by atoms with Gasteiger partial charge >= 0.3 is 0 Å². The lowest BCUT2D eigenvalue weighted by molar-refractivity contribution is 0.237. The molecule has 2 N–H and O–H groups in total. The van der Waals surface area contributed by atoms with Crippen molar-refractivity contribution in [1.29, 1.82) is 0 Å². The zero-order chi connectivity index (χ0) is 31.6. The average Bonchev–Trinajstić information content (AvgIpc) is 3.87. The summed E-state index contributed by atoms with van der Waals surface area (Å²) in [5, 5.41) is 9.71. The summed E-state index contributed by atoms with van der Waals surface area (Å²) in [6.45, 7) is 4.03. The van der Waals surface area contributed by atoms with Gasteiger partial charge in [0.25, 0.3) is 0 Å². The monoisotopic (exact) mass is 624 g/mol. The number of hydrogen-bond acceptors (Lipinski definition) is 6. The standard InChI is InChI=1S/C38H33FN6O2/c39-29-14-27(15-30(18-29)46-13-12-45-10-4-5-11-45)34-22-41-23-37-32(34)19-36(42-37)38-33-17-26(8-9-35(33)43-44-38)28-16-31(21-40-20-28)47-24-25-6-2-1-3-7-25/h1-3,6-9,14-23,42H,4-5,10-13,24H2,(H,43,44). The molecule has 1 aliphatic heterocycles. The van der Waals surface area contributed by atoms with Gasteiger partial charge in [-0.1, -0.05) is 36.4 Å². The van der Waals surface area contributed by atoms with Gasteiger partial charge in [-0.15, -0.1) is 0 Å². The molecule has 9 heteroatoms. The lowest BCUT2D eigenvalue weighted by Gasteiger charge is -2.15. The summed E-state index contributed by atoms with van der Waals surface area (Å²) in [4.78, 5) is 14.8. The maximum atomic E-state index is 14.8. The molecular weight excluding hydrogens is 591 g/mol. The highest BCUT2D eigenvalue weighted by Crippen LogP contribution is 2.36. The molecule has 1 saturated heterocycles. The van der Waals surface area contributed by atoms with Gasteiger partial charge in [0.15, 0.2) is 0 Å². The van der Waals surface area contributed by atoms with E-state index in [-0.39, 0.29) is 5.82 Å². The maximum absolute atomic E-state index is 14.8. The van der Waals surface area contributed by atoms with Gasteiger partial charge in [0.2, 0.25) is 0 Å². The first-order valence-electron chi connectivity index (χ1n) is 15.9. The second-order valence-corrected chi connectivity index (χ2v) is 11.9. The number of hydrogen-bond donors (Lipinski definition) is 2. The third-order valence-corrected chi connectivity index (χ3v) is 8.72. The number of pyridine rings is 2. The molecule has 5 heterocycles. The fourth-order valence-corrected chi connectivity index (χ4v) is 6.30. The maximum Gasteiger partial charge on any atom is 0.138 e. The Morgan fingerprint density at radius 3 is 2.47 bits per heavy atom. The number of halogens is 1. The highest BCUT2D eigenvalue weighted by Gasteiger charge is 2.17. The Morgan fingerprint density at radius 1 is 0.723 bits per heavy atom. The van der Waals surface area contributed by atoms with Crippen molar-refractivity contribution < 1.29 is 13.9 Å². The topological polar surface area (TPSA) is 92.0 Å². The van der Waals surface area contributed by atoms with Gasteiger partial charge < -0.3 is 14.5 Å². The molecule has 8 nitrogen and oxygen atoms in total. The normalized spacial score (nSPS) is 13.5. The molecule has 47 heavy (non-hydrogen) atoms. The highest BCUT2D eigenvalue weighted by atomic mass is 19.1. The van der Waals surface area contributed by atoms with Crippen molar-refractivity contribution in [3.63, 3.8) is 0 Å². The minimum Gasteiger partial charge on any atom is -0.492 e. The molecule has 0 amide bonds. The summed E-state index contributed by atoms with van der Waals surface area (Å²) < 4.78 is 26.8. The van der Waals surface area contributed by atoms with Crippen LogP contribution in [0.5, 0.6) is 11.5 Å². The van der Waals surface area contributed by atoms with E-state index >= 15 is 0 Å². The molecule has 7 aromatic rings. The Kier molecular flexibility index (Phi) is 7.80. The van der Waals surface area contributed by atoms with Crippen LogP contribution in [0.3, 0.4) is 0 Å². The zero-order valence-electron chi connectivity index (χ0n) is 25.7. The van der Waals surface area contributed by atoms with Crippen LogP contribution in [0.2, 0.25) is 0 Å². The van der Waals surface area contributed by atoms with E-state index in [2.05, 4.69) is 36.1 Å². The van der Waals surface area contributed by atoms with Crippen LogP contribution >= 0.6 is 0 Å². The van der Waals surface area contributed by atoms with Crippen molar-refractivity contribution in [3.8, 4) is 45.1 Å². The van der Waals surface area contributed by atoms with Gasteiger partial charge in [-0.05, 0) is 79.0 Å². The predicted molar refractivity (Wildman–Crippen MR) is 182 cm³/mol. The Balaban J connectivity index is 1.08. The molecule has 0 atom stereocenters. The number of rotatable bonds is 10. The van der Waals surface area contributed by atoms with E-state index in [9.17, 15) is 4.39 Å². The summed E-state index contributed by atoms with van der Waals surface area (Å²) in [7, 11) is 0. The number of nitrogens with one attached hydrogen (secondary N) is 2. The van der Waals surface area contributed by atoms with Crippen LogP contribution in [-0.4, -0.2) is 56.3 Å². The summed E-state index contributed by atoms with van der Waals surface area (Å²) in [6, 6.07) is 25.1. The van der Waals surface area contributed by atoms with Crippen LogP contribution < -0.4 is 9.47 Å². The number of fused-ring (bicyclic) bond motifs is 2. The fraction of sp³-hybridized carbons (Fsp3) is 0.184. The van der Waals surface area contributed by atoms with Crippen molar-refractivity contribution in [2.45, 2.75) is 19.4 Å². The molecule has 1 aliphatic rings. The number of aromatic amines is 2. The van der Waals surface area contributed by atoms with Crippen molar-refractivity contribution in [3.05, 3.63) is 115 Å². The lowest BCUT2D eigenvalue weighted by atomic mass is 10.0. The minimum atomic E-state index is -0.346. The van der Waals surface area contributed by atoms with Crippen molar-refractivity contribution >= 4 is 21.8 Å². The average molecular weight is 625 g/mol. The van der Waals surface area contributed by atoms with Gasteiger partial charge in [-0.2, -0.15) is 5.10 Å². The summed E-state index contributed by atoms with van der Waals surface area (Å²) >= 11 is 0. The Morgan fingerprint density at radius 2 is 1.57 bits per heavy atom. The van der Waals surface area contributed by atoms with E-state index in [4.69, 9.17) is 9.47 Å². The lowest BCUT2D eigenvalue weighted by Crippen LogP contribution is -2.25. The van der Waals surface area contributed by atoms with Gasteiger partial charge in [-0.3, -0.25) is 20.0 Å². The molecule has 8 rings (SSSR count). The number of nitrogens with zero attached hydrogens (tertiary/aromatic N) is 4. The van der Waals surface area contributed by atoms with E-state index in [1.165, 1.54) is 25.0 Å². The largest absolute Gasteiger partial charge is 0.492 e. The first kappa shape index (κ1) is 28.9. The second kappa shape index (κ2) is 12.7. The van der Waals surface area contributed by atoms with Gasteiger partial charge in [0, 0.05) is 46.9 Å². The molecule has 1 fully saturated rings.